The Morgan fingerprint density at radius 3 is 2.53 bits per heavy atom. The number of hydrogen-bond donors (Lipinski definition) is 1. The molecule has 0 spiro atoms. The van der Waals surface area contributed by atoms with Gasteiger partial charge in [0.25, 0.3) is 6.43 Å². The van der Waals surface area contributed by atoms with Crippen molar-refractivity contribution in [3.63, 3.8) is 0 Å². The first-order chi connectivity index (χ1) is 17.4. The standard InChI is InChI=1S/C22H24ClF2N7O3S/c23-12-16(34)30-6-4-13(5-7-30)36-22-28-20(31-8-10-35-11-9-31)27-21(29-22)32-14-2-1-3-15(33)17(14)26-19(32)18(24)25/h1-3,13,18,33H,4-12H2. The average molecular weight is 540 g/mol. The number of rotatable bonds is 6. The molecule has 0 bridgehead atoms. The Morgan fingerprint density at radius 2 is 1.83 bits per heavy atom. The minimum atomic E-state index is -2.92. The molecular weight excluding hydrogens is 516 g/mol. The summed E-state index contributed by atoms with van der Waals surface area (Å²) in [5, 5.41) is 10.7. The lowest BCUT2D eigenvalue weighted by atomic mass is 10.1. The molecule has 36 heavy (non-hydrogen) atoms. The van der Waals surface area contributed by atoms with Crippen molar-refractivity contribution in [3.8, 4) is 11.7 Å². The third kappa shape index (κ3) is 5.04. The lowest BCUT2D eigenvalue weighted by Crippen LogP contribution is -2.40. The normalized spacial score (nSPS) is 17.3. The first-order valence-corrected chi connectivity index (χ1v) is 12.9. The number of benzene rings is 1. The molecule has 5 rings (SSSR count). The minimum absolute atomic E-state index is 0.00662. The van der Waals surface area contributed by atoms with E-state index >= 15 is 0 Å². The monoisotopic (exact) mass is 539 g/mol. The number of thioether (sulfide) groups is 1. The number of halogens is 3. The number of amides is 1. The third-order valence-electron chi connectivity index (χ3n) is 6.15. The van der Waals surface area contributed by atoms with E-state index in [-0.39, 0.29) is 39.8 Å². The Morgan fingerprint density at radius 1 is 1.11 bits per heavy atom. The highest BCUT2D eigenvalue weighted by molar-refractivity contribution is 7.99. The van der Waals surface area contributed by atoms with E-state index in [4.69, 9.17) is 16.3 Å². The summed E-state index contributed by atoms with van der Waals surface area (Å²) in [5.41, 5.74) is 0.319. The minimum Gasteiger partial charge on any atom is -0.506 e. The number of carbonyl (C=O) groups excluding carboxylic acids is 1. The molecule has 0 radical (unpaired) electrons. The number of para-hydroxylation sites is 1. The highest BCUT2D eigenvalue weighted by atomic mass is 35.5. The van der Waals surface area contributed by atoms with Gasteiger partial charge in [-0.3, -0.25) is 9.36 Å². The second kappa shape index (κ2) is 10.7. The molecule has 2 aromatic heterocycles. The van der Waals surface area contributed by atoms with Crippen LogP contribution in [0.1, 0.15) is 25.1 Å². The summed E-state index contributed by atoms with van der Waals surface area (Å²) in [7, 11) is 0. The Kier molecular flexibility index (Phi) is 7.39. The molecule has 1 N–H and O–H groups in total. The molecule has 0 aliphatic carbocycles. The van der Waals surface area contributed by atoms with E-state index in [0.29, 0.717) is 50.5 Å². The molecule has 0 saturated carbocycles. The number of ether oxygens (including phenoxy) is 1. The molecular formula is C22H24ClF2N7O3S. The van der Waals surface area contributed by atoms with E-state index in [2.05, 4.69) is 19.9 Å². The van der Waals surface area contributed by atoms with Crippen LogP contribution in [-0.2, 0) is 9.53 Å². The van der Waals surface area contributed by atoms with Crippen LogP contribution < -0.4 is 4.90 Å². The van der Waals surface area contributed by atoms with Crippen LogP contribution in [0.25, 0.3) is 17.0 Å². The van der Waals surface area contributed by atoms with Gasteiger partial charge in [0.1, 0.15) is 17.1 Å². The summed E-state index contributed by atoms with van der Waals surface area (Å²) in [6.45, 7) is 3.28. The number of alkyl halides is 3. The Balaban J connectivity index is 1.53. The lowest BCUT2D eigenvalue weighted by Gasteiger charge is -2.31. The maximum atomic E-state index is 14.0. The van der Waals surface area contributed by atoms with Crippen LogP contribution in [-0.4, -0.2) is 90.9 Å². The van der Waals surface area contributed by atoms with Gasteiger partial charge in [-0.25, -0.2) is 13.8 Å². The fourth-order valence-corrected chi connectivity index (χ4v) is 5.49. The van der Waals surface area contributed by atoms with Crippen LogP contribution in [0.3, 0.4) is 0 Å². The number of carbonyl (C=O) groups is 1. The van der Waals surface area contributed by atoms with Crippen molar-refractivity contribution in [2.24, 2.45) is 0 Å². The second-order valence-electron chi connectivity index (χ2n) is 8.40. The van der Waals surface area contributed by atoms with Crippen molar-refractivity contribution < 1.29 is 23.4 Å². The van der Waals surface area contributed by atoms with E-state index in [1.165, 1.54) is 22.4 Å². The summed E-state index contributed by atoms with van der Waals surface area (Å²) >= 11 is 7.12. The van der Waals surface area contributed by atoms with Crippen molar-refractivity contribution in [1.82, 2.24) is 29.4 Å². The van der Waals surface area contributed by atoms with Crippen molar-refractivity contribution in [1.29, 1.82) is 0 Å². The van der Waals surface area contributed by atoms with Gasteiger partial charge in [-0.15, -0.1) is 11.6 Å². The lowest BCUT2D eigenvalue weighted by molar-refractivity contribution is -0.129. The van der Waals surface area contributed by atoms with Crippen LogP contribution in [0.2, 0.25) is 0 Å². The quantitative estimate of drug-likeness (QED) is 0.473. The smallest absolute Gasteiger partial charge is 0.296 e. The fourth-order valence-electron chi connectivity index (χ4n) is 4.31. The molecule has 1 aromatic carbocycles. The van der Waals surface area contributed by atoms with Gasteiger partial charge in [0.2, 0.25) is 17.8 Å². The number of imidazole rings is 1. The summed E-state index contributed by atoms with van der Waals surface area (Å²) in [6.07, 6.45) is -1.46. The zero-order valence-electron chi connectivity index (χ0n) is 19.2. The fraction of sp³-hybridized carbons (Fsp3) is 0.500. The summed E-state index contributed by atoms with van der Waals surface area (Å²) in [6, 6.07) is 4.54. The molecule has 2 aliphatic heterocycles. The Hall–Kier alpha value is -2.77. The maximum Gasteiger partial charge on any atom is 0.296 e. The largest absolute Gasteiger partial charge is 0.506 e. The van der Waals surface area contributed by atoms with E-state index in [1.54, 1.807) is 17.0 Å². The van der Waals surface area contributed by atoms with Crippen molar-refractivity contribution in [2.45, 2.75) is 29.7 Å². The molecule has 0 unspecified atom stereocenters. The number of aromatic nitrogens is 5. The number of phenolic OH excluding ortho intramolecular Hbond substituents is 1. The maximum absolute atomic E-state index is 14.0. The second-order valence-corrected chi connectivity index (χ2v) is 9.93. The number of morpholine rings is 1. The van der Waals surface area contributed by atoms with Crippen LogP contribution in [0.15, 0.2) is 23.4 Å². The number of phenols is 1. The first-order valence-electron chi connectivity index (χ1n) is 11.5. The molecule has 4 heterocycles. The number of likely N-dealkylation sites (tertiary alicyclic amines) is 1. The van der Waals surface area contributed by atoms with Crippen molar-refractivity contribution >= 4 is 46.3 Å². The van der Waals surface area contributed by atoms with Gasteiger partial charge >= 0.3 is 0 Å². The van der Waals surface area contributed by atoms with Gasteiger partial charge in [0.15, 0.2) is 11.0 Å². The van der Waals surface area contributed by atoms with E-state index in [9.17, 15) is 18.7 Å². The number of piperidine rings is 1. The topological polar surface area (TPSA) is 110 Å². The van der Waals surface area contributed by atoms with Crippen molar-refractivity contribution in [2.75, 3.05) is 50.2 Å². The van der Waals surface area contributed by atoms with Crippen molar-refractivity contribution in [3.05, 3.63) is 24.0 Å². The molecule has 1 amide bonds. The predicted molar refractivity (Wildman–Crippen MR) is 130 cm³/mol. The molecule has 2 saturated heterocycles. The van der Waals surface area contributed by atoms with Gasteiger partial charge in [0, 0.05) is 31.4 Å². The Bertz CT molecular complexity index is 1250. The Labute approximate surface area is 214 Å². The number of nitrogens with zero attached hydrogens (tertiary/aromatic N) is 7. The summed E-state index contributed by atoms with van der Waals surface area (Å²) in [5.74, 6) is -0.530. The zero-order valence-corrected chi connectivity index (χ0v) is 20.8. The molecule has 3 aromatic rings. The molecule has 0 atom stereocenters. The summed E-state index contributed by atoms with van der Waals surface area (Å²) < 4.78 is 34.7. The zero-order chi connectivity index (χ0) is 25.2. The van der Waals surface area contributed by atoms with Crippen LogP contribution >= 0.6 is 23.4 Å². The number of aromatic hydroxyl groups is 1. The predicted octanol–water partition coefficient (Wildman–Crippen LogP) is 3.01. The van der Waals surface area contributed by atoms with Gasteiger partial charge in [-0.1, -0.05) is 17.8 Å². The highest BCUT2D eigenvalue weighted by Gasteiger charge is 2.28. The first kappa shape index (κ1) is 24.9. The number of anilines is 1. The van der Waals surface area contributed by atoms with Crippen LogP contribution in [0.5, 0.6) is 5.75 Å². The van der Waals surface area contributed by atoms with Crippen LogP contribution in [0.4, 0.5) is 14.7 Å². The van der Waals surface area contributed by atoms with Gasteiger partial charge < -0.3 is 19.6 Å². The molecule has 2 fully saturated rings. The van der Waals surface area contributed by atoms with Crippen LogP contribution in [0, 0.1) is 0 Å². The van der Waals surface area contributed by atoms with Gasteiger partial charge in [-0.05, 0) is 25.0 Å². The molecule has 14 heteroatoms. The highest BCUT2D eigenvalue weighted by Crippen LogP contribution is 2.33. The number of fused-ring (bicyclic) bond motifs is 1. The van der Waals surface area contributed by atoms with E-state index < -0.39 is 12.2 Å². The van der Waals surface area contributed by atoms with Gasteiger partial charge in [-0.2, -0.15) is 15.0 Å². The molecule has 192 valence electrons. The van der Waals surface area contributed by atoms with E-state index in [0.717, 1.165) is 12.8 Å². The SMILES string of the molecule is O=C(CCl)N1CCC(Sc2nc(N3CCOCC3)nc(-n3c(C(F)F)nc4c(O)cccc43)n2)CC1. The van der Waals surface area contributed by atoms with E-state index in [1.807, 2.05) is 4.90 Å². The molecule has 10 nitrogen and oxygen atoms in total. The third-order valence-corrected chi connectivity index (χ3v) is 7.58. The van der Waals surface area contributed by atoms with Gasteiger partial charge in [0.05, 0.1) is 18.7 Å². The summed E-state index contributed by atoms with van der Waals surface area (Å²) in [4.78, 5) is 33.3. The number of hydrogen-bond acceptors (Lipinski definition) is 9. The average Bonchev–Trinajstić information content (AvgIpc) is 3.30. The molecule has 2 aliphatic rings.